The summed E-state index contributed by atoms with van der Waals surface area (Å²) in [6, 6.07) is 8.29. The lowest BCUT2D eigenvalue weighted by molar-refractivity contribution is -0.118. The monoisotopic (exact) mass is 275 g/mol. The van der Waals surface area contributed by atoms with E-state index in [1.165, 1.54) is 12.5 Å². The predicted molar refractivity (Wildman–Crippen MR) is 79.5 cm³/mol. The van der Waals surface area contributed by atoms with E-state index in [9.17, 15) is 4.79 Å². The smallest absolute Gasteiger partial charge is 0.216 e. The van der Waals surface area contributed by atoms with Crippen LogP contribution >= 0.6 is 11.3 Å². The average Bonchev–Trinajstić information content (AvgIpc) is 2.88. The first-order valence-corrected chi connectivity index (χ1v) is 7.04. The lowest BCUT2D eigenvalue weighted by Crippen LogP contribution is -2.22. The van der Waals surface area contributed by atoms with Gasteiger partial charge < -0.3 is 10.6 Å². The first kappa shape index (κ1) is 13.5. The van der Waals surface area contributed by atoms with Gasteiger partial charge in [-0.3, -0.25) is 4.79 Å². The summed E-state index contributed by atoms with van der Waals surface area (Å²) in [5, 5.41) is 8.79. The fourth-order valence-electron chi connectivity index (χ4n) is 1.75. The molecule has 0 saturated carbocycles. The Morgan fingerprint density at radius 1 is 1.32 bits per heavy atom. The third kappa shape index (κ3) is 3.79. The number of benzene rings is 1. The number of nitrogens with zero attached hydrogens (tertiary/aromatic N) is 1. The van der Waals surface area contributed by atoms with Gasteiger partial charge in [0, 0.05) is 31.5 Å². The molecule has 0 spiro atoms. The normalized spacial score (nSPS) is 10.2. The minimum Gasteiger partial charge on any atom is -0.365 e. The minimum absolute atomic E-state index is 0.0127. The second-order valence-corrected chi connectivity index (χ2v) is 5.08. The van der Waals surface area contributed by atoms with E-state index in [4.69, 9.17) is 0 Å². The van der Waals surface area contributed by atoms with E-state index in [0.29, 0.717) is 6.54 Å². The van der Waals surface area contributed by atoms with Crippen molar-refractivity contribution in [2.45, 2.75) is 13.3 Å². The van der Waals surface area contributed by atoms with E-state index in [1.807, 2.05) is 12.4 Å². The topological polar surface area (TPSA) is 54.0 Å². The molecule has 100 valence electrons. The molecule has 0 bridgehead atoms. The van der Waals surface area contributed by atoms with Crippen LogP contribution in [0.5, 0.6) is 0 Å². The SMILES string of the molecule is CNc1nc(-c2ccc(CCNC(C)=O)cc2)cs1. The predicted octanol–water partition coefficient (Wildman–Crippen LogP) is 2.53. The van der Waals surface area contributed by atoms with Crippen molar-refractivity contribution in [2.24, 2.45) is 0 Å². The molecule has 0 saturated heterocycles. The van der Waals surface area contributed by atoms with Crippen molar-refractivity contribution >= 4 is 22.4 Å². The number of anilines is 1. The van der Waals surface area contributed by atoms with E-state index in [1.54, 1.807) is 11.3 Å². The molecular weight excluding hydrogens is 258 g/mol. The van der Waals surface area contributed by atoms with Gasteiger partial charge in [-0.25, -0.2) is 4.98 Å². The van der Waals surface area contributed by atoms with Crippen molar-refractivity contribution in [2.75, 3.05) is 18.9 Å². The Kier molecular flexibility index (Phi) is 4.52. The van der Waals surface area contributed by atoms with Crippen molar-refractivity contribution in [3.63, 3.8) is 0 Å². The number of nitrogens with one attached hydrogen (secondary N) is 2. The fraction of sp³-hybridized carbons (Fsp3) is 0.286. The van der Waals surface area contributed by atoms with Gasteiger partial charge in [0.25, 0.3) is 0 Å². The molecular formula is C14H17N3OS. The number of aromatic nitrogens is 1. The number of thiazole rings is 1. The van der Waals surface area contributed by atoms with Crippen molar-refractivity contribution < 1.29 is 4.79 Å². The largest absolute Gasteiger partial charge is 0.365 e. The highest BCUT2D eigenvalue weighted by molar-refractivity contribution is 7.14. The zero-order valence-electron chi connectivity index (χ0n) is 11.1. The molecule has 0 aliphatic carbocycles. The quantitative estimate of drug-likeness (QED) is 0.881. The summed E-state index contributed by atoms with van der Waals surface area (Å²) in [7, 11) is 1.87. The van der Waals surface area contributed by atoms with Gasteiger partial charge in [0.05, 0.1) is 5.69 Å². The molecule has 2 aromatic rings. The zero-order chi connectivity index (χ0) is 13.7. The molecule has 2 rings (SSSR count). The van der Waals surface area contributed by atoms with Crippen molar-refractivity contribution in [1.82, 2.24) is 10.3 Å². The van der Waals surface area contributed by atoms with Crippen LogP contribution in [0.2, 0.25) is 0 Å². The van der Waals surface area contributed by atoms with Gasteiger partial charge in [-0.2, -0.15) is 0 Å². The van der Waals surface area contributed by atoms with Gasteiger partial charge in [0.15, 0.2) is 5.13 Å². The summed E-state index contributed by atoms with van der Waals surface area (Å²) in [4.78, 5) is 15.2. The molecule has 0 radical (unpaired) electrons. The van der Waals surface area contributed by atoms with Crippen LogP contribution in [0.1, 0.15) is 12.5 Å². The molecule has 0 atom stereocenters. The molecule has 19 heavy (non-hydrogen) atoms. The maximum atomic E-state index is 10.8. The third-order valence-electron chi connectivity index (χ3n) is 2.76. The number of carbonyl (C=O) groups is 1. The summed E-state index contributed by atoms with van der Waals surface area (Å²) in [6.07, 6.45) is 0.846. The Morgan fingerprint density at radius 2 is 2.05 bits per heavy atom. The Labute approximate surface area is 116 Å². The molecule has 1 heterocycles. The Morgan fingerprint density at radius 3 is 2.63 bits per heavy atom. The van der Waals surface area contributed by atoms with Crippen molar-refractivity contribution in [3.05, 3.63) is 35.2 Å². The fourth-order valence-corrected chi connectivity index (χ4v) is 2.43. The van der Waals surface area contributed by atoms with E-state index < -0.39 is 0 Å². The lowest BCUT2D eigenvalue weighted by Gasteiger charge is -2.03. The maximum absolute atomic E-state index is 10.8. The first-order chi connectivity index (χ1) is 9.19. The van der Waals surface area contributed by atoms with Gasteiger partial charge in [0.2, 0.25) is 5.91 Å². The van der Waals surface area contributed by atoms with Crippen molar-refractivity contribution in [3.8, 4) is 11.3 Å². The van der Waals surface area contributed by atoms with E-state index >= 15 is 0 Å². The molecule has 0 aliphatic heterocycles. The maximum Gasteiger partial charge on any atom is 0.216 e. The summed E-state index contributed by atoms with van der Waals surface area (Å²) in [5.74, 6) is 0.0127. The second-order valence-electron chi connectivity index (χ2n) is 4.22. The van der Waals surface area contributed by atoms with Crippen LogP contribution in [-0.2, 0) is 11.2 Å². The zero-order valence-corrected chi connectivity index (χ0v) is 11.9. The van der Waals surface area contributed by atoms with Crippen LogP contribution in [0.15, 0.2) is 29.6 Å². The van der Waals surface area contributed by atoms with Gasteiger partial charge in [0.1, 0.15) is 0 Å². The number of rotatable bonds is 5. The highest BCUT2D eigenvalue weighted by Gasteiger charge is 2.03. The lowest BCUT2D eigenvalue weighted by atomic mass is 10.1. The van der Waals surface area contributed by atoms with Gasteiger partial charge in [-0.15, -0.1) is 11.3 Å². The highest BCUT2D eigenvalue weighted by atomic mass is 32.1. The summed E-state index contributed by atoms with van der Waals surface area (Å²) in [5.41, 5.74) is 3.31. The van der Waals surface area contributed by atoms with E-state index in [-0.39, 0.29) is 5.91 Å². The molecule has 0 unspecified atom stereocenters. The summed E-state index contributed by atoms with van der Waals surface area (Å²) in [6.45, 7) is 2.21. The van der Waals surface area contributed by atoms with Crippen LogP contribution in [0.4, 0.5) is 5.13 Å². The number of amides is 1. The highest BCUT2D eigenvalue weighted by Crippen LogP contribution is 2.24. The van der Waals surface area contributed by atoms with E-state index in [2.05, 4.69) is 39.9 Å². The Hall–Kier alpha value is -1.88. The van der Waals surface area contributed by atoms with Crippen molar-refractivity contribution in [1.29, 1.82) is 0 Å². The molecule has 1 aromatic carbocycles. The van der Waals surface area contributed by atoms with Crippen LogP contribution in [0.25, 0.3) is 11.3 Å². The Bertz CT molecular complexity index is 548. The third-order valence-corrected chi connectivity index (χ3v) is 3.62. The summed E-state index contributed by atoms with van der Waals surface area (Å²) < 4.78 is 0. The molecule has 0 aliphatic rings. The van der Waals surface area contributed by atoms with Gasteiger partial charge in [-0.05, 0) is 12.0 Å². The summed E-state index contributed by atoms with van der Waals surface area (Å²) >= 11 is 1.60. The molecule has 2 N–H and O–H groups in total. The van der Waals surface area contributed by atoms with Crippen LogP contribution in [0, 0.1) is 0 Å². The standard InChI is InChI=1S/C14H17N3OS/c1-10(18)16-8-7-11-3-5-12(6-4-11)13-9-19-14(15-2)17-13/h3-6,9H,7-8H2,1-2H3,(H,15,17)(H,16,18). The molecule has 5 heteroatoms. The van der Waals surface area contributed by atoms with Gasteiger partial charge in [-0.1, -0.05) is 24.3 Å². The van der Waals surface area contributed by atoms with Crippen LogP contribution in [-0.4, -0.2) is 24.5 Å². The average molecular weight is 275 g/mol. The second kappa shape index (κ2) is 6.33. The Balaban J connectivity index is 1.99. The molecule has 4 nitrogen and oxygen atoms in total. The number of hydrogen-bond acceptors (Lipinski definition) is 4. The number of hydrogen-bond donors (Lipinski definition) is 2. The molecule has 1 aromatic heterocycles. The molecule has 0 fully saturated rings. The van der Waals surface area contributed by atoms with Gasteiger partial charge >= 0.3 is 0 Å². The van der Waals surface area contributed by atoms with Crippen LogP contribution in [0.3, 0.4) is 0 Å². The molecule has 1 amide bonds. The minimum atomic E-state index is 0.0127. The first-order valence-electron chi connectivity index (χ1n) is 6.16. The van der Waals surface area contributed by atoms with E-state index in [0.717, 1.165) is 22.8 Å². The van der Waals surface area contributed by atoms with Crippen LogP contribution < -0.4 is 10.6 Å². The number of carbonyl (C=O) groups excluding carboxylic acids is 1.